The molecular formula is C19H20N2O5. The number of primary amides is 1. The lowest BCUT2D eigenvalue weighted by atomic mass is 10.1. The van der Waals surface area contributed by atoms with Crippen molar-refractivity contribution in [2.45, 2.75) is 13.8 Å². The Kier molecular flexibility index (Phi) is 6.32. The molecule has 136 valence electrons. The van der Waals surface area contributed by atoms with Crippen molar-refractivity contribution in [1.29, 1.82) is 0 Å². The zero-order valence-electron chi connectivity index (χ0n) is 14.6. The van der Waals surface area contributed by atoms with Crippen LogP contribution in [0.3, 0.4) is 0 Å². The van der Waals surface area contributed by atoms with Crippen LogP contribution in [0.25, 0.3) is 0 Å². The number of nitrogens with one attached hydrogen (secondary N) is 1. The summed E-state index contributed by atoms with van der Waals surface area (Å²) < 4.78 is 10.2. The van der Waals surface area contributed by atoms with Crippen LogP contribution in [0.1, 0.15) is 21.5 Å². The Morgan fingerprint density at radius 2 is 1.65 bits per heavy atom. The topological polar surface area (TPSA) is 108 Å². The van der Waals surface area contributed by atoms with Gasteiger partial charge in [0.2, 0.25) is 0 Å². The minimum atomic E-state index is -0.678. The molecule has 2 rings (SSSR count). The van der Waals surface area contributed by atoms with E-state index in [2.05, 4.69) is 5.32 Å². The number of anilines is 1. The first-order chi connectivity index (χ1) is 12.3. The molecule has 7 heteroatoms. The van der Waals surface area contributed by atoms with Gasteiger partial charge in [-0.25, -0.2) is 4.79 Å². The summed E-state index contributed by atoms with van der Waals surface area (Å²) in [6, 6.07) is 11.9. The van der Waals surface area contributed by atoms with Crippen LogP contribution >= 0.6 is 0 Å². The van der Waals surface area contributed by atoms with E-state index in [0.29, 0.717) is 5.75 Å². The van der Waals surface area contributed by atoms with E-state index < -0.39 is 24.4 Å². The number of carbonyl (C=O) groups excluding carboxylic acids is 3. The van der Waals surface area contributed by atoms with Crippen molar-refractivity contribution in [3.8, 4) is 5.75 Å². The summed E-state index contributed by atoms with van der Waals surface area (Å²) in [5.41, 5.74) is 7.69. The van der Waals surface area contributed by atoms with Gasteiger partial charge in [-0.15, -0.1) is 0 Å². The van der Waals surface area contributed by atoms with E-state index >= 15 is 0 Å². The van der Waals surface area contributed by atoms with Crippen LogP contribution in [0.2, 0.25) is 0 Å². The van der Waals surface area contributed by atoms with Gasteiger partial charge in [0.05, 0.1) is 11.3 Å². The van der Waals surface area contributed by atoms with Crippen molar-refractivity contribution in [2.75, 3.05) is 18.5 Å². The van der Waals surface area contributed by atoms with E-state index in [4.69, 9.17) is 15.2 Å². The molecule has 0 spiro atoms. The highest BCUT2D eigenvalue weighted by Gasteiger charge is 2.12. The molecule has 2 aromatic rings. The molecule has 0 atom stereocenters. The Morgan fingerprint density at radius 1 is 1.00 bits per heavy atom. The molecule has 0 saturated carbocycles. The number of esters is 1. The molecule has 26 heavy (non-hydrogen) atoms. The largest absolute Gasteiger partial charge is 0.482 e. The fourth-order valence-electron chi connectivity index (χ4n) is 2.34. The number of para-hydroxylation sites is 1. The fraction of sp³-hybridized carbons (Fsp3) is 0.211. The highest BCUT2D eigenvalue weighted by atomic mass is 16.6. The van der Waals surface area contributed by atoms with Gasteiger partial charge in [-0.1, -0.05) is 18.2 Å². The van der Waals surface area contributed by atoms with Crippen LogP contribution in [0, 0.1) is 13.8 Å². The van der Waals surface area contributed by atoms with Gasteiger partial charge in [0.1, 0.15) is 5.75 Å². The second-order valence-electron chi connectivity index (χ2n) is 5.73. The first kappa shape index (κ1) is 19.0. The van der Waals surface area contributed by atoms with Gasteiger partial charge >= 0.3 is 5.97 Å². The SMILES string of the molecule is Cc1cc(C)cc(OCC(=O)OCC(=O)Nc2ccccc2C(N)=O)c1. The van der Waals surface area contributed by atoms with E-state index in [9.17, 15) is 14.4 Å². The van der Waals surface area contributed by atoms with Gasteiger partial charge in [0.15, 0.2) is 13.2 Å². The first-order valence-corrected chi connectivity index (χ1v) is 7.90. The van der Waals surface area contributed by atoms with Crippen molar-refractivity contribution in [3.05, 3.63) is 59.2 Å². The molecule has 0 heterocycles. The minimum Gasteiger partial charge on any atom is -0.482 e. The van der Waals surface area contributed by atoms with E-state index in [0.717, 1.165) is 11.1 Å². The Morgan fingerprint density at radius 3 is 2.31 bits per heavy atom. The smallest absolute Gasteiger partial charge is 0.344 e. The molecule has 3 N–H and O–H groups in total. The van der Waals surface area contributed by atoms with E-state index in [-0.39, 0.29) is 17.9 Å². The third-order valence-corrected chi connectivity index (χ3v) is 3.38. The number of rotatable bonds is 7. The number of hydrogen-bond donors (Lipinski definition) is 2. The van der Waals surface area contributed by atoms with E-state index in [1.807, 2.05) is 19.9 Å². The van der Waals surface area contributed by atoms with Crippen LogP contribution in [-0.2, 0) is 14.3 Å². The van der Waals surface area contributed by atoms with Gasteiger partial charge < -0.3 is 20.5 Å². The van der Waals surface area contributed by atoms with Gasteiger partial charge in [0, 0.05) is 0 Å². The molecule has 0 radical (unpaired) electrons. The Hall–Kier alpha value is -3.35. The van der Waals surface area contributed by atoms with Crippen LogP contribution < -0.4 is 15.8 Å². The maximum absolute atomic E-state index is 11.9. The van der Waals surface area contributed by atoms with Crippen molar-refractivity contribution in [3.63, 3.8) is 0 Å². The second kappa shape index (κ2) is 8.66. The van der Waals surface area contributed by atoms with E-state index in [1.54, 1.807) is 24.3 Å². The molecule has 0 unspecified atom stereocenters. The molecule has 2 amide bonds. The molecule has 0 aromatic heterocycles. The zero-order chi connectivity index (χ0) is 19.1. The molecule has 2 aromatic carbocycles. The van der Waals surface area contributed by atoms with E-state index in [1.165, 1.54) is 12.1 Å². The summed E-state index contributed by atoms with van der Waals surface area (Å²) in [7, 11) is 0. The van der Waals surface area contributed by atoms with Crippen LogP contribution in [-0.4, -0.2) is 31.0 Å². The third kappa shape index (κ3) is 5.62. The monoisotopic (exact) mass is 356 g/mol. The molecule has 0 bridgehead atoms. The number of carbonyl (C=O) groups is 3. The summed E-state index contributed by atoms with van der Waals surface area (Å²) in [5.74, 6) is -1.38. The summed E-state index contributed by atoms with van der Waals surface area (Å²) in [4.78, 5) is 34.9. The highest BCUT2D eigenvalue weighted by Crippen LogP contribution is 2.16. The van der Waals surface area contributed by atoms with Crippen molar-refractivity contribution >= 4 is 23.5 Å². The van der Waals surface area contributed by atoms with Crippen molar-refractivity contribution < 1.29 is 23.9 Å². The predicted octanol–water partition coefficient (Wildman–Crippen LogP) is 1.96. The average molecular weight is 356 g/mol. The third-order valence-electron chi connectivity index (χ3n) is 3.38. The molecule has 0 fully saturated rings. The normalized spacial score (nSPS) is 10.1. The van der Waals surface area contributed by atoms with Gasteiger partial charge in [0.25, 0.3) is 11.8 Å². The van der Waals surface area contributed by atoms with Gasteiger partial charge in [-0.2, -0.15) is 0 Å². The van der Waals surface area contributed by atoms with Gasteiger partial charge in [-0.3, -0.25) is 9.59 Å². The lowest BCUT2D eigenvalue weighted by Crippen LogP contribution is -2.25. The lowest BCUT2D eigenvalue weighted by Gasteiger charge is -2.10. The van der Waals surface area contributed by atoms with Gasteiger partial charge in [-0.05, 0) is 49.2 Å². The minimum absolute atomic E-state index is 0.172. The molecule has 0 aliphatic carbocycles. The summed E-state index contributed by atoms with van der Waals surface area (Å²) >= 11 is 0. The average Bonchev–Trinajstić information content (AvgIpc) is 2.57. The maximum Gasteiger partial charge on any atom is 0.344 e. The lowest BCUT2D eigenvalue weighted by molar-refractivity contribution is -0.149. The molecule has 7 nitrogen and oxygen atoms in total. The number of aryl methyl sites for hydroxylation is 2. The highest BCUT2D eigenvalue weighted by molar-refractivity contribution is 6.03. The maximum atomic E-state index is 11.9. The quantitative estimate of drug-likeness (QED) is 0.738. The standard InChI is InChI=1S/C19H20N2O5/c1-12-7-13(2)9-14(8-12)25-11-18(23)26-10-17(22)21-16-6-4-3-5-15(16)19(20)24/h3-9H,10-11H2,1-2H3,(H2,20,24)(H,21,22). The second-order valence-corrected chi connectivity index (χ2v) is 5.73. The Bertz CT molecular complexity index is 812. The number of ether oxygens (including phenoxy) is 2. The summed E-state index contributed by atoms with van der Waals surface area (Å²) in [6.45, 7) is 3.04. The summed E-state index contributed by atoms with van der Waals surface area (Å²) in [6.07, 6.45) is 0. The number of amides is 2. The van der Waals surface area contributed by atoms with Crippen LogP contribution in [0.5, 0.6) is 5.75 Å². The molecular weight excluding hydrogens is 336 g/mol. The molecule has 0 saturated heterocycles. The number of benzene rings is 2. The number of nitrogens with two attached hydrogens (primary N) is 1. The number of hydrogen-bond acceptors (Lipinski definition) is 5. The van der Waals surface area contributed by atoms with Crippen molar-refractivity contribution in [2.24, 2.45) is 5.73 Å². The Balaban J connectivity index is 1.82. The summed E-state index contributed by atoms with van der Waals surface area (Å²) in [5, 5.41) is 2.48. The fourth-order valence-corrected chi connectivity index (χ4v) is 2.34. The zero-order valence-corrected chi connectivity index (χ0v) is 14.6. The van der Waals surface area contributed by atoms with Crippen LogP contribution in [0.15, 0.2) is 42.5 Å². The van der Waals surface area contributed by atoms with Crippen LogP contribution in [0.4, 0.5) is 5.69 Å². The van der Waals surface area contributed by atoms with Crippen molar-refractivity contribution in [1.82, 2.24) is 0 Å². The Labute approximate surface area is 151 Å². The predicted molar refractivity (Wildman–Crippen MR) is 96.0 cm³/mol. The molecule has 0 aliphatic rings. The molecule has 0 aliphatic heterocycles. The first-order valence-electron chi connectivity index (χ1n) is 7.90.